The van der Waals surface area contributed by atoms with Gasteiger partial charge in [0.25, 0.3) is 5.91 Å². The van der Waals surface area contributed by atoms with Crippen LogP contribution in [-0.4, -0.2) is 29.4 Å². The van der Waals surface area contributed by atoms with Crippen molar-refractivity contribution in [3.05, 3.63) is 59.7 Å². The van der Waals surface area contributed by atoms with Crippen molar-refractivity contribution in [1.29, 1.82) is 0 Å². The van der Waals surface area contributed by atoms with Gasteiger partial charge in [-0.25, -0.2) is 4.90 Å². The maximum absolute atomic E-state index is 13.2. The topological polar surface area (TPSA) is 70.1 Å². The van der Waals surface area contributed by atoms with E-state index in [2.05, 4.69) is 5.10 Å². The van der Waals surface area contributed by atoms with Gasteiger partial charge >= 0.3 is 0 Å². The van der Waals surface area contributed by atoms with Crippen LogP contribution in [0.5, 0.6) is 0 Å². The number of fused-ring (bicyclic) bond motifs is 1. The summed E-state index contributed by atoms with van der Waals surface area (Å²) in [5.41, 5.74) is 3.31. The van der Waals surface area contributed by atoms with Gasteiger partial charge in [0.15, 0.2) is 5.78 Å². The second-order valence-electron chi connectivity index (χ2n) is 6.94. The summed E-state index contributed by atoms with van der Waals surface area (Å²) in [7, 11) is 0. The third kappa shape index (κ3) is 2.56. The van der Waals surface area contributed by atoms with Gasteiger partial charge < -0.3 is 0 Å². The van der Waals surface area contributed by atoms with E-state index < -0.39 is 17.9 Å². The van der Waals surface area contributed by atoms with E-state index in [4.69, 9.17) is 0 Å². The van der Waals surface area contributed by atoms with E-state index in [1.54, 1.807) is 12.1 Å². The Balaban J connectivity index is 1.82. The summed E-state index contributed by atoms with van der Waals surface area (Å²) in [6, 6.07) is 13.8. The van der Waals surface area contributed by atoms with Crippen LogP contribution in [0.4, 0.5) is 11.4 Å². The molecule has 2 heterocycles. The fraction of sp³-hybridized carbons (Fsp3) is 0.238. The molecule has 27 heavy (non-hydrogen) atoms. The number of rotatable bonds is 3. The number of carbonyl (C=O) groups excluding carboxylic acids is 3. The molecule has 0 bridgehead atoms. The summed E-state index contributed by atoms with van der Waals surface area (Å²) in [6.45, 7) is 5.22. The number of imide groups is 1. The van der Waals surface area contributed by atoms with Gasteiger partial charge in [0, 0.05) is 6.92 Å². The molecule has 1 saturated heterocycles. The van der Waals surface area contributed by atoms with Crippen molar-refractivity contribution in [2.45, 2.75) is 26.8 Å². The average molecular weight is 361 g/mol. The third-order valence-electron chi connectivity index (χ3n) is 5.06. The van der Waals surface area contributed by atoms with Crippen LogP contribution >= 0.6 is 0 Å². The number of Topliss-reactive ketones (excluding diaryl/α,β-unsaturated/α-hetero) is 1. The minimum Gasteiger partial charge on any atom is -0.293 e. The maximum Gasteiger partial charge on any atom is 0.259 e. The first kappa shape index (κ1) is 17.1. The fourth-order valence-electron chi connectivity index (χ4n) is 3.67. The lowest BCUT2D eigenvalue weighted by atomic mass is 9.95. The van der Waals surface area contributed by atoms with Crippen molar-refractivity contribution in [2.75, 3.05) is 9.91 Å². The summed E-state index contributed by atoms with van der Waals surface area (Å²) in [5.74, 6) is -1.94. The summed E-state index contributed by atoms with van der Waals surface area (Å²) >= 11 is 0. The predicted molar refractivity (Wildman–Crippen MR) is 103 cm³/mol. The molecule has 0 aliphatic carbocycles. The Kier molecular flexibility index (Phi) is 3.91. The molecule has 2 aliphatic rings. The molecule has 0 spiro atoms. The smallest absolute Gasteiger partial charge is 0.259 e. The molecule has 6 nitrogen and oxygen atoms in total. The molecular weight excluding hydrogens is 342 g/mol. The molecule has 2 amide bonds. The molecule has 0 N–H and O–H groups in total. The summed E-state index contributed by atoms with van der Waals surface area (Å²) < 4.78 is 0. The number of aryl methyl sites for hydroxylation is 2. The highest BCUT2D eigenvalue weighted by atomic mass is 16.2. The Morgan fingerprint density at radius 3 is 2.26 bits per heavy atom. The zero-order valence-electron chi connectivity index (χ0n) is 15.3. The number of amides is 2. The molecular formula is C21H19N3O3. The molecule has 0 saturated carbocycles. The first-order valence-corrected chi connectivity index (χ1v) is 8.79. The van der Waals surface area contributed by atoms with E-state index in [1.807, 2.05) is 50.2 Å². The first-order valence-electron chi connectivity index (χ1n) is 8.79. The van der Waals surface area contributed by atoms with Crippen LogP contribution in [-0.2, 0) is 14.4 Å². The Morgan fingerprint density at radius 1 is 0.963 bits per heavy atom. The van der Waals surface area contributed by atoms with Crippen molar-refractivity contribution in [3.63, 3.8) is 0 Å². The molecule has 136 valence electrons. The maximum atomic E-state index is 13.2. The van der Waals surface area contributed by atoms with Crippen LogP contribution in [0.3, 0.4) is 0 Å². The quantitative estimate of drug-likeness (QED) is 0.788. The monoisotopic (exact) mass is 361 g/mol. The number of hydrogen-bond acceptors (Lipinski definition) is 5. The molecule has 0 radical (unpaired) electrons. The molecule has 2 aromatic carbocycles. The lowest BCUT2D eigenvalue weighted by molar-refractivity contribution is -0.122. The van der Waals surface area contributed by atoms with Gasteiger partial charge in [0.2, 0.25) is 5.91 Å². The zero-order valence-corrected chi connectivity index (χ0v) is 15.3. The number of hydrogen-bond donors (Lipinski definition) is 0. The molecule has 1 fully saturated rings. The first-order chi connectivity index (χ1) is 12.9. The third-order valence-corrected chi connectivity index (χ3v) is 5.06. The summed E-state index contributed by atoms with van der Waals surface area (Å²) in [5, 5.41) is 5.91. The van der Waals surface area contributed by atoms with Gasteiger partial charge in [0.1, 0.15) is 17.7 Å². The minimum atomic E-state index is -0.879. The average Bonchev–Trinajstić information content (AvgIpc) is 3.14. The highest BCUT2D eigenvalue weighted by Gasteiger charge is 2.58. The van der Waals surface area contributed by atoms with E-state index in [0.29, 0.717) is 5.69 Å². The number of benzene rings is 2. The van der Waals surface area contributed by atoms with E-state index in [1.165, 1.54) is 16.8 Å². The molecule has 2 atom stereocenters. The summed E-state index contributed by atoms with van der Waals surface area (Å²) in [4.78, 5) is 39.7. The van der Waals surface area contributed by atoms with E-state index >= 15 is 0 Å². The largest absolute Gasteiger partial charge is 0.293 e. The van der Waals surface area contributed by atoms with Crippen LogP contribution in [0, 0.1) is 19.8 Å². The van der Waals surface area contributed by atoms with Crippen molar-refractivity contribution in [1.82, 2.24) is 0 Å². The van der Waals surface area contributed by atoms with Crippen molar-refractivity contribution < 1.29 is 14.4 Å². The van der Waals surface area contributed by atoms with E-state index in [9.17, 15) is 14.4 Å². The number of anilines is 2. The molecule has 2 aliphatic heterocycles. The minimum absolute atomic E-state index is 0.135. The molecule has 4 rings (SSSR count). The van der Waals surface area contributed by atoms with E-state index in [-0.39, 0.29) is 17.4 Å². The van der Waals surface area contributed by atoms with Crippen LogP contribution in [0.1, 0.15) is 18.1 Å². The van der Waals surface area contributed by atoms with Crippen LogP contribution < -0.4 is 9.91 Å². The van der Waals surface area contributed by atoms with Crippen LogP contribution in [0.25, 0.3) is 0 Å². The SMILES string of the molecule is CC(=O)C1=NN(c2ccccc2C)[C@@H]2C(=O)N(c3ccc(C)cc3)C(=O)[C@@H]12. The lowest BCUT2D eigenvalue weighted by Crippen LogP contribution is -2.39. The summed E-state index contributed by atoms with van der Waals surface area (Å²) in [6.07, 6.45) is 0. The number of ketones is 1. The molecule has 0 unspecified atom stereocenters. The number of hydrazone groups is 1. The highest BCUT2D eigenvalue weighted by Crippen LogP contribution is 2.38. The molecule has 2 aromatic rings. The molecule has 6 heteroatoms. The second-order valence-corrected chi connectivity index (χ2v) is 6.94. The van der Waals surface area contributed by atoms with Gasteiger partial charge in [-0.15, -0.1) is 0 Å². The second kappa shape index (κ2) is 6.16. The number of carbonyl (C=O) groups is 3. The predicted octanol–water partition coefficient (Wildman–Crippen LogP) is 2.63. The highest BCUT2D eigenvalue weighted by molar-refractivity contribution is 6.48. The van der Waals surface area contributed by atoms with E-state index in [0.717, 1.165) is 16.8 Å². The standard InChI is InChI=1S/C21H19N3O3/c1-12-8-10-15(11-9-12)23-20(26)17-18(14(3)25)22-24(19(17)21(23)27)16-7-5-4-6-13(16)2/h4-11,17,19H,1-3H3/t17-,19-/m0/s1. The van der Waals surface area contributed by atoms with Gasteiger partial charge in [-0.1, -0.05) is 35.9 Å². The Hall–Kier alpha value is -3.28. The van der Waals surface area contributed by atoms with Crippen LogP contribution in [0.15, 0.2) is 53.6 Å². The normalized spacial score (nSPS) is 21.5. The number of nitrogens with zero attached hydrogens (tertiary/aromatic N) is 3. The van der Waals surface area contributed by atoms with Gasteiger partial charge in [-0.2, -0.15) is 5.10 Å². The Bertz CT molecular complexity index is 994. The van der Waals surface area contributed by atoms with Crippen molar-refractivity contribution in [3.8, 4) is 0 Å². The van der Waals surface area contributed by atoms with Gasteiger partial charge in [-0.3, -0.25) is 19.4 Å². The Labute approximate surface area is 157 Å². The van der Waals surface area contributed by atoms with Gasteiger partial charge in [-0.05, 0) is 37.6 Å². The zero-order chi connectivity index (χ0) is 19.3. The Morgan fingerprint density at radius 2 is 1.63 bits per heavy atom. The van der Waals surface area contributed by atoms with Crippen LogP contribution in [0.2, 0.25) is 0 Å². The van der Waals surface area contributed by atoms with Crippen molar-refractivity contribution >= 4 is 34.7 Å². The van der Waals surface area contributed by atoms with Crippen molar-refractivity contribution in [2.24, 2.45) is 11.0 Å². The fourth-order valence-corrected chi connectivity index (χ4v) is 3.67. The van der Waals surface area contributed by atoms with Gasteiger partial charge in [0.05, 0.1) is 11.4 Å². The lowest BCUT2D eigenvalue weighted by Gasteiger charge is -2.23. The number of para-hydroxylation sites is 1. The molecule has 0 aromatic heterocycles.